The SMILES string of the molecule is CC12CC=CCC1C2(Br)Br. The van der Waals surface area contributed by atoms with Crippen LogP contribution in [0.15, 0.2) is 12.2 Å². The first-order valence-corrected chi connectivity index (χ1v) is 5.20. The Morgan fingerprint density at radius 2 is 2.10 bits per heavy atom. The molecule has 0 spiro atoms. The van der Waals surface area contributed by atoms with E-state index in [4.69, 9.17) is 0 Å². The van der Waals surface area contributed by atoms with E-state index in [-0.39, 0.29) is 3.23 Å². The summed E-state index contributed by atoms with van der Waals surface area (Å²) in [6.07, 6.45) is 7.03. The maximum absolute atomic E-state index is 3.71. The molecule has 0 bridgehead atoms. The van der Waals surface area contributed by atoms with Gasteiger partial charge in [0.2, 0.25) is 0 Å². The first kappa shape index (κ1) is 7.35. The number of alkyl halides is 2. The van der Waals surface area contributed by atoms with Crippen LogP contribution in [0, 0.1) is 11.3 Å². The van der Waals surface area contributed by atoms with Crippen LogP contribution < -0.4 is 0 Å². The summed E-state index contributed by atoms with van der Waals surface area (Å²) in [5.41, 5.74) is 0.488. The van der Waals surface area contributed by atoms with Gasteiger partial charge in [-0.25, -0.2) is 0 Å². The van der Waals surface area contributed by atoms with Crippen molar-refractivity contribution in [2.75, 3.05) is 0 Å². The lowest BCUT2D eigenvalue weighted by Crippen LogP contribution is -2.02. The topological polar surface area (TPSA) is 0 Å². The third-order valence-electron chi connectivity index (χ3n) is 2.97. The van der Waals surface area contributed by atoms with Crippen molar-refractivity contribution in [2.24, 2.45) is 11.3 Å². The van der Waals surface area contributed by atoms with Gasteiger partial charge in [0.05, 0.1) is 3.23 Å². The summed E-state index contributed by atoms with van der Waals surface area (Å²) < 4.78 is 0.247. The first-order chi connectivity index (χ1) is 4.59. The molecule has 0 amide bonds. The average Bonchev–Trinajstić information content (AvgIpc) is 2.30. The van der Waals surface area contributed by atoms with Crippen molar-refractivity contribution in [3.8, 4) is 0 Å². The van der Waals surface area contributed by atoms with Gasteiger partial charge in [0.15, 0.2) is 0 Å². The van der Waals surface area contributed by atoms with E-state index in [9.17, 15) is 0 Å². The maximum Gasteiger partial charge on any atom is 0.0902 e. The minimum atomic E-state index is 0.247. The highest BCUT2D eigenvalue weighted by molar-refractivity contribution is 9.25. The third-order valence-corrected chi connectivity index (χ3v) is 5.88. The molecular weight excluding hydrogens is 256 g/mol. The van der Waals surface area contributed by atoms with Gasteiger partial charge in [-0.2, -0.15) is 0 Å². The Balaban J connectivity index is 2.27. The summed E-state index contributed by atoms with van der Waals surface area (Å²) in [4.78, 5) is 0. The molecule has 2 atom stereocenters. The second-order valence-electron chi connectivity index (χ2n) is 3.50. The van der Waals surface area contributed by atoms with Crippen LogP contribution in [0.5, 0.6) is 0 Å². The fourth-order valence-corrected chi connectivity index (χ4v) is 3.95. The minimum Gasteiger partial charge on any atom is -0.0881 e. The predicted octanol–water partition coefficient (Wildman–Crippen LogP) is 3.46. The summed E-state index contributed by atoms with van der Waals surface area (Å²) in [5.74, 6) is 0.810. The predicted molar refractivity (Wildman–Crippen MR) is 50.6 cm³/mol. The van der Waals surface area contributed by atoms with E-state index < -0.39 is 0 Å². The van der Waals surface area contributed by atoms with Crippen molar-refractivity contribution in [1.29, 1.82) is 0 Å². The molecule has 0 N–H and O–H groups in total. The van der Waals surface area contributed by atoms with E-state index >= 15 is 0 Å². The summed E-state index contributed by atoms with van der Waals surface area (Å²) >= 11 is 7.42. The van der Waals surface area contributed by atoms with E-state index in [1.807, 2.05) is 0 Å². The zero-order valence-electron chi connectivity index (χ0n) is 5.90. The standard InChI is InChI=1S/C8H10Br2/c1-7-5-3-2-4-6(7)8(7,9)10/h2-3,6H,4-5H2,1H3. The zero-order chi connectivity index (χ0) is 7.41. The number of hydrogen-bond acceptors (Lipinski definition) is 0. The van der Waals surface area contributed by atoms with Gasteiger partial charge in [-0.3, -0.25) is 0 Å². The van der Waals surface area contributed by atoms with Crippen molar-refractivity contribution in [1.82, 2.24) is 0 Å². The number of halogens is 2. The molecule has 0 nitrogen and oxygen atoms in total. The molecule has 56 valence electrons. The average molecular weight is 266 g/mol. The van der Waals surface area contributed by atoms with Gasteiger partial charge in [-0.1, -0.05) is 50.9 Å². The summed E-state index contributed by atoms with van der Waals surface area (Å²) in [7, 11) is 0. The van der Waals surface area contributed by atoms with Crippen LogP contribution in [0.3, 0.4) is 0 Å². The second-order valence-corrected chi connectivity index (χ2v) is 7.07. The molecule has 2 heteroatoms. The molecule has 1 saturated carbocycles. The van der Waals surface area contributed by atoms with Crippen molar-refractivity contribution >= 4 is 31.9 Å². The third kappa shape index (κ3) is 0.672. The molecule has 2 rings (SSSR count). The zero-order valence-corrected chi connectivity index (χ0v) is 9.07. The lowest BCUT2D eigenvalue weighted by atomic mass is 9.96. The Hall–Kier alpha value is 0.700. The molecule has 0 saturated heterocycles. The molecule has 0 aliphatic heterocycles. The number of hydrogen-bond donors (Lipinski definition) is 0. The minimum absolute atomic E-state index is 0.247. The fraction of sp³-hybridized carbons (Fsp3) is 0.750. The van der Waals surface area contributed by atoms with E-state index in [0.29, 0.717) is 5.41 Å². The molecule has 0 heterocycles. The molecular formula is C8H10Br2. The molecule has 0 aromatic heterocycles. The molecule has 2 aliphatic rings. The van der Waals surface area contributed by atoms with E-state index in [2.05, 4.69) is 50.9 Å². The van der Waals surface area contributed by atoms with Crippen LogP contribution in [-0.4, -0.2) is 3.23 Å². The van der Waals surface area contributed by atoms with Gasteiger partial charge in [0.1, 0.15) is 0 Å². The van der Waals surface area contributed by atoms with Crippen LogP contribution in [0.1, 0.15) is 19.8 Å². The second kappa shape index (κ2) is 1.89. The lowest BCUT2D eigenvalue weighted by molar-refractivity contribution is 0.495. The highest BCUT2D eigenvalue weighted by Crippen LogP contribution is 2.75. The molecule has 10 heavy (non-hydrogen) atoms. The van der Waals surface area contributed by atoms with Gasteiger partial charge in [-0.05, 0) is 18.8 Å². The summed E-state index contributed by atoms with van der Waals surface area (Å²) in [5, 5.41) is 0. The smallest absolute Gasteiger partial charge is 0.0881 e. The van der Waals surface area contributed by atoms with E-state index in [1.54, 1.807) is 0 Å². The van der Waals surface area contributed by atoms with E-state index in [0.717, 1.165) is 5.92 Å². The van der Waals surface area contributed by atoms with Gasteiger partial charge in [0.25, 0.3) is 0 Å². The Labute approximate surface area is 78.3 Å². The van der Waals surface area contributed by atoms with E-state index in [1.165, 1.54) is 12.8 Å². The monoisotopic (exact) mass is 264 g/mol. The quantitative estimate of drug-likeness (QED) is 0.465. The van der Waals surface area contributed by atoms with Crippen LogP contribution in [0.4, 0.5) is 0 Å². The number of rotatable bonds is 0. The molecule has 2 unspecified atom stereocenters. The largest absolute Gasteiger partial charge is 0.0902 e. The molecule has 2 aliphatic carbocycles. The van der Waals surface area contributed by atoms with Gasteiger partial charge >= 0.3 is 0 Å². The first-order valence-electron chi connectivity index (χ1n) is 3.62. The normalized spacial score (nSPS) is 48.5. The van der Waals surface area contributed by atoms with Gasteiger partial charge < -0.3 is 0 Å². The molecule has 1 fully saturated rings. The Kier molecular flexibility index (Phi) is 1.39. The maximum atomic E-state index is 3.71. The van der Waals surface area contributed by atoms with Crippen molar-refractivity contribution in [2.45, 2.75) is 23.0 Å². The Morgan fingerprint density at radius 3 is 2.50 bits per heavy atom. The highest BCUT2D eigenvalue weighted by Gasteiger charge is 2.70. The number of fused-ring (bicyclic) bond motifs is 1. The Morgan fingerprint density at radius 1 is 1.40 bits per heavy atom. The van der Waals surface area contributed by atoms with Crippen molar-refractivity contribution < 1.29 is 0 Å². The van der Waals surface area contributed by atoms with Crippen molar-refractivity contribution in [3.63, 3.8) is 0 Å². The van der Waals surface area contributed by atoms with Gasteiger partial charge in [-0.15, -0.1) is 0 Å². The number of allylic oxidation sites excluding steroid dienone is 2. The van der Waals surface area contributed by atoms with Gasteiger partial charge in [0, 0.05) is 5.41 Å². The van der Waals surface area contributed by atoms with Crippen LogP contribution in [-0.2, 0) is 0 Å². The molecule has 0 aromatic carbocycles. The summed E-state index contributed by atoms with van der Waals surface area (Å²) in [6, 6.07) is 0. The Bertz CT molecular complexity index is 195. The van der Waals surface area contributed by atoms with Crippen molar-refractivity contribution in [3.05, 3.63) is 12.2 Å². The van der Waals surface area contributed by atoms with Crippen LogP contribution in [0.25, 0.3) is 0 Å². The molecule has 0 radical (unpaired) electrons. The highest BCUT2D eigenvalue weighted by atomic mass is 79.9. The van der Waals surface area contributed by atoms with Crippen LogP contribution >= 0.6 is 31.9 Å². The molecule has 0 aromatic rings. The lowest BCUT2D eigenvalue weighted by Gasteiger charge is -2.10. The fourth-order valence-electron chi connectivity index (χ4n) is 1.92. The summed E-state index contributed by atoms with van der Waals surface area (Å²) in [6.45, 7) is 2.34. The van der Waals surface area contributed by atoms with Crippen LogP contribution in [0.2, 0.25) is 0 Å².